The second-order valence-corrected chi connectivity index (χ2v) is 7.69. The van der Waals surface area contributed by atoms with Gasteiger partial charge in [-0.3, -0.25) is 4.72 Å². The number of hydrogen-bond donors (Lipinski definition) is 1. The minimum atomic E-state index is -3.75. The van der Waals surface area contributed by atoms with Gasteiger partial charge in [-0.25, -0.2) is 8.42 Å². The lowest BCUT2D eigenvalue weighted by Crippen LogP contribution is -2.14. The third-order valence-electron chi connectivity index (χ3n) is 4.24. The van der Waals surface area contributed by atoms with Crippen molar-refractivity contribution in [3.63, 3.8) is 0 Å². The Morgan fingerprint density at radius 3 is 2.31 bits per heavy atom. The average molecular weight is 372 g/mol. The molecule has 3 aromatic rings. The van der Waals surface area contributed by atoms with E-state index < -0.39 is 10.0 Å². The summed E-state index contributed by atoms with van der Waals surface area (Å²) in [7, 11) is -2.20. The van der Waals surface area contributed by atoms with E-state index in [2.05, 4.69) is 9.88 Å². The fourth-order valence-corrected chi connectivity index (χ4v) is 3.91. The van der Waals surface area contributed by atoms with Crippen molar-refractivity contribution in [3.8, 4) is 17.1 Å². The predicted octanol–water partition coefficient (Wildman–Crippen LogP) is 4.08. The summed E-state index contributed by atoms with van der Waals surface area (Å²) in [5.74, 6) is 1.23. The minimum Gasteiger partial charge on any atom is -0.497 e. The van der Waals surface area contributed by atoms with E-state index in [4.69, 9.17) is 9.26 Å². The highest BCUT2D eigenvalue weighted by Gasteiger charge is 2.20. The largest absolute Gasteiger partial charge is 0.497 e. The van der Waals surface area contributed by atoms with Crippen LogP contribution in [0.3, 0.4) is 0 Å². The maximum absolute atomic E-state index is 12.9. The molecule has 136 valence electrons. The van der Waals surface area contributed by atoms with Crippen LogP contribution < -0.4 is 9.46 Å². The van der Waals surface area contributed by atoms with E-state index in [1.165, 1.54) is 0 Å². The molecule has 0 unspecified atom stereocenters. The lowest BCUT2D eigenvalue weighted by atomic mass is 10.1. The van der Waals surface area contributed by atoms with Crippen molar-refractivity contribution < 1.29 is 17.7 Å². The molecule has 1 N–H and O–H groups in total. The molecule has 0 bridgehead atoms. The normalized spacial score (nSPS) is 11.4. The van der Waals surface area contributed by atoms with Gasteiger partial charge in [0.1, 0.15) is 5.75 Å². The number of anilines is 1. The first-order chi connectivity index (χ1) is 12.3. The van der Waals surface area contributed by atoms with Crippen molar-refractivity contribution in [3.05, 3.63) is 59.3 Å². The Hall–Kier alpha value is -2.80. The number of benzene rings is 2. The number of methoxy groups -OCH3 is 1. The zero-order valence-electron chi connectivity index (χ0n) is 15.0. The van der Waals surface area contributed by atoms with Crippen molar-refractivity contribution in [1.29, 1.82) is 0 Å². The number of aromatic nitrogens is 1. The summed E-state index contributed by atoms with van der Waals surface area (Å²) in [6.07, 6.45) is 0. The van der Waals surface area contributed by atoms with Crippen molar-refractivity contribution in [1.82, 2.24) is 5.16 Å². The number of ether oxygens (including phenoxy) is 1. The second kappa shape index (κ2) is 6.84. The Labute approximate surface area is 152 Å². The van der Waals surface area contributed by atoms with Crippen LogP contribution in [-0.2, 0) is 10.0 Å². The molecule has 6 nitrogen and oxygen atoms in total. The van der Waals surface area contributed by atoms with E-state index in [0.29, 0.717) is 28.3 Å². The lowest BCUT2D eigenvalue weighted by molar-refractivity contribution is 0.415. The van der Waals surface area contributed by atoms with E-state index in [1.54, 1.807) is 50.4 Å². The molecule has 0 amide bonds. The van der Waals surface area contributed by atoms with E-state index in [0.717, 1.165) is 11.3 Å². The zero-order valence-corrected chi connectivity index (χ0v) is 15.8. The molecule has 26 heavy (non-hydrogen) atoms. The first-order valence-electron chi connectivity index (χ1n) is 8.02. The molecule has 0 radical (unpaired) electrons. The minimum absolute atomic E-state index is 0.194. The standard InChI is InChI=1S/C19H20N2O4S/c1-12-5-6-15(19-13(2)14(3)20-25-19)11-18(12)26(22,23)21-16-7-9-17(24-4)10-8-16/h5-11,21H,1-4H3. The topological polar surface area (TPSA) is 81.4 Å². The molecule has 0 saturated heterocycles. The summed E-state index contributed by atoms with van der Waals surface area (Å²) >= 11 is 0. The highest BCUT2D eigenvalue weighted by molar-refractivity contribution is 7.92. The van der Waals surface area contributed by atoms with Gasteiger partial charge >= 0.3 is 0 Å². The van der Waals surface area contributed by atoms with E-state index >= 15 is 0 Å². The number of nitrogens with one attached hydrogen (secondary N) is 1. The van der Waals surface area contributed by atoms with Crippen molar-refractivity contribution in [2.24, 2.45) is 0 Å². The summed E-state index contributed by atoms with van der Waals surface area (Å²) in [6, 6.07) is 11.9. The quantitative estimate of drug-likeness (QED) is 0.730. The highest BCUT2D eigenvalue weighted by atomic mass is 32.2. The first kappa shape index (κ1) is 18.0. The Morgan fingerprint density at radius 2 is 1.73 bits per heavy atom. The number of nitrogens with zero attached hydrogens (tertiary/aromatic N) is 1. The third kappa shape index (κ3) is 3.43. The molecule has 0 aliphatic heterocycles. The maximum atomic E-state index is 12.9. The third-order valence-corrected chi connectivity index (χ3v) is 5.76. The summed E-state index contributed by atoms with van der Waals surface area (Å²) in [5, 5.41) is 3.94. The smallest absolute Gasteiger partial charge is 0.262 e. The van der Waals surface area contributed by atoms with Gasteiger partial charge in [-0.2, -0.15) is 0 Å². The van der Waals surface area contributed by atoms with Gasteiger partial charge in [0, 0.05) is 16.8 Å². The van der Waals surface area contributed by atoms with Crippen LogP contribution >= 0.6 is 0 Å². The Morgan fingerprint density at radius 1 is 1.04 bits per heavy atom. The van der Waals surface area contributed by atoms with E-state index in [-0.39, 0.29) is 4.90 Å². The van der Waals surface area contributed by atoms with Gasteiger partial charge in [0.2, 0.25) is 0 Å². The number of hydrogen-bond acceptors (Lipinski definition) is 5. The summed E-state index contributed by atoms with van der Waals surface area (Å²) in [5.41, 5.74) is 3.44. The van der Waals surface area contributed by atoms with Gasteiger partial charge in [-0.1, -0.05) is 17.3 Å². The van der Waals surface area contributed by atoms with Gasteiger partial charge in [-0.15, -0.1) is 0 Å². The SMILES string of the molecule is COc1ccc(NS(=O)(=O)c2cc(-c3onc(C)c3C)ccc2C)cc1. The average Bonchev–Trinajstić information content (AvgIpc) is 2.95. The van der Waals surface area contributed by atoms with Gasteiger partial charge in [0.15, 0.2) is 5.76 Å². The predicted molar refractivity (Wildman–Crippen MR) is 100.0 cm³/mol. The maximum Gasteiger partial charge on any atom is 0.262 e. The van der Waals surface area contributed by atoms with Crippen molar-refractivity contribution >= 4 is 15.7 Å². The molecule has 0 aliphatic rings. The van der Waals surface area contributed by atoms with Crippen LogP contribution in [0, 0.1) is 20.8 Å². The van der Waals surface area contributed by atoms with Crippen LogP contribution in [0.4, 0.5) is 5.69 Å². The Kier molecular flexibility index (Phi) is 4.73. The van der Waals surface area contributed by atoms with Crippen LogP contribution in [0.15, 0.2) is 51.9 Å². The number of rotatable bonds is 5. The van der Waals surface area contributed by atoms with Crippen LogP contribution in [0.5, 0.6) is 5.75 Å². The monoisotopic (exact) mass is 372 g/mol. The van der Waals surface area contributed by atoms with E-state index in [9.17, 15) is 8.42 Å². The fourth-order valence-electron chi connectivity index (χ4n) is 2.58. The van der Waals surface area contributed by atoms with Crippen LogP contribution in [0.2, 0.25) is 0 Å². The van der Waals surface area contributed by atoms with Gasteiger partial charge in [0.25, 0.3) is 10.0 Å². The molecule has 7 heteroatoms. The molecular weight excluding hydrogens is 352 g/mol. The van der Waals surface area contributed by atoms with Crippen LogP contribution in [-0.4, -0.2) is 20.7 Å². The Balaban J connectivity index is 1.98. The molecule has 0 aliphatic carbocycles. The molecule has 3 rings (SSSR count). The molecular formula is C19H20N2O4S. The number of sulfonamides is 1. The highest BCUT2D eigenvalue weighted by Crippen LogP contribution is 2.30. The molecule has 0 spiro atoms. The fraction of sp³-hybridized carbons (Fsp3) is 0.211. The molecule has 0 atom stereocenters. The summed E-state index contributed by atoms with van der Waals surface area (Å²) in [4.78, 5) is 0.194. The van der Waals surface area contributed by atoms with E-state index in [1.807, 2.05) is 19.9 Å². The second-order valence-electron chi connectivity index (χ2n) is 6.04. The van der Waals surface area contributed by atoms with Crippen molar-refractivity contribution in [2.75, 3.05) is 11.8 Å². The van der Waals surface area contributed by atoms with Gasteiger partial charge in [0.05, 0.1) is 17.7 Å². The van der Waals surface area contributed by atoms with Gasteiger partial charge in [-0.05, 0) is 56.7 Å². The summed E-state index contributed by atoms with van der Waals surface area (Å²) < 4.78 is 38.8. The number of aryl methyl sites for hydroxylation is 2. The van der Waals surface area contributed by atoms with Crippen LogP contribution in [0.1, 0.15) is 16.8 Å². The first-order valence-corrected chi connectivity index (χ1v) is 9.51. The molecule has 1 aromatic heterocycles. The Bertz CT molecular complexity index is 1040. The van der Waals surface area contributed by atoms with Gasteiger partial charge < -0.3 is 9.26 Å². The molecule has 0 saturated carbocycles. The van der Waals surface area contributed by atoms with Crippen LogP contribution in [0.25, 0.3) is 11.3 Å². The summed E-state index contributed by atoms with van der Waals surface area (Å²) in [6.45, 7) is 5.50. The molecule has 2 aromatic carbocycles. The zero-order chi connectivity index (χ0) is 18.9. The molecule has 0 fully saturated rings. The lowest BCUT2D eigenvalue weighted by Gasteiger charge is -2.12. The van der Waals surface area contributed by atoms with Crippen molar-refractivity contribution in [2.45, 2.75) is 25.7 Å². The molecule has 1 heterocycles.